The van der Waals surface area contributed by atoms with Gasteiger partial charge < -0.3 is 4.18 Å². The van der Waals surface area contributed by atoms with Gasteiger partial charge in [0.05, 0.1) is 0 Å². The average molecular weight is 227 g/mol. The third kappa shape index (κ3) is 1.98. The molecule has 0 saturated heterocycles. The number of rotatable bonds is 3. The highest BCUT2D eigenvalue weighted by Crippen LogP contribution is 2.27. The summed E-state index contributed by atoms with van der Waals surface area (Å²) >= 11 is 0. The lowest BCUT2D eigenvalue weighted by molar-refractivity contribution is 0.421. The lowest BCUT2D eigenvalue weighted by Crippen LogP contribution is -2.27. The summed E-state index contributed by atoms with van der Waals surface area (Å²) in [6, 6.07) is 5.40. The fourth-order valence-electron chi connectivity index (χ4n) is 1.42. The van der Waals surface area contributed by atoms with Crippen molar-refractivity contribution in [1.29, 1.82) is 0 Å². The van der Waals surface area contributed by atoms with Gasteiger partial charge in [-0.05, 0) is 36.1 Å². The summed E-state index contributed by atoms with van der Waals surface area (Å²) in [5, 5.41) is 0. The van der Waals surface area contributed by atoms with E-state index in [2.05, 4.69) is 0 Å². The molecule has 1 aliphatic carbocycles. The van der Waals surface area contributed by atoms with E-state index in [1.54, 1.807) is 12.1 Å². The van der Waals surface area contributed by atoms with Gasteiger partial charge in [-0.15, -0.1) is 0 Å². The molecule has 0 spiro atoms. The van der Waals surface area contributed by atoms with Crippen LogP contribution in [-0.4, -0.2) is 26.8 Å². The maximum atomic E-state index is 11.4. The lowest BCUT2D eigenvalue weighted by Gasteiger charge is -2.19. The van der Waals surface area contributed by atoms with Gasteiger partial charge in [-0.3, -0.25) is 0 Å². The number of nitrogens with zero attached hydrogens (tertiary/aromatic N) is 1. The molecule has 82 valence electrons. The Balaban J connectivity index is 2.22. The first-order valence-electron chi connectivity index (χ1n) is 4.73. The van der Waals surface area contributed by atoms with Gasteiger partial charge in [0.2, 0.25) is 0 Å². The average Bonchev–Trinajstić information content (AvgIpc) is 2.09. The highest BCUT2D eigenvalue weighted by molar-refractivity contribution is 7.84. The third-order valence-electron chi connectivity index (χ3n) is 2.49. The van der Waals surface area contributed by atoms with Crippen LogP contribution in [0.15, 0.2) is 18.2 Å². The first kappa shape index (κ1) is 10.4. The van der Waals surface area contributed by atoms with Crippen molar-refractivity contribution < 1.29 is 12.6 Å². The zero-order valence-electron chi connectivity index (χ0n) is 8.73. The van der Waals surface area contributed by atoms with Crippen LogP contribution in [0.25, 0.3) is 0 Å². The quantitative estimate of drug-likeness (QED) is 0.773. The fraction of sp³-hybridized carbons (Fsp3) is 0.400. The largest absolute Gasteiger partial charge is 0.384 e. The van der Waals surface area contributed by atoms with E-state index in [4.69, 9.17) is 4.18 Å². The Morgan fingerprint density at radius 2 is 1.87 bits per heavy atom. The second-order valence-electron chi connectivity index (χ2n) is 3.75. The Morgan fingerprint density at radius 1 is 1.20 bits per heavy atom. The molecule has 0 radical (unpaired) electrons. The molecule has 4 nitrogen and oxygen atoms in total. The van der Waals surface area contributed by atoms with Gasteiger partial charge in [0.15, 0.2) is 0 Å². The van der Waals surface area contributed by atoms with E-state index in [1.807, 2.05) is 6.07 Å². The van der Waals surface area contributed by atoms with Gasteiger partial charge in [-0.2, -0.15) is 12.7 Å². The fourth-order valence-corrected chi connectivity index (χ4v) is 1.92. The molecule has 0 fully saturated rings. The molecule has 5 heteroatoms. The predicted molar refractivity (Wildman–Crippen MR) is 57.1 cm³/mol. The minimum Gasteiger partial charge on any atom is -0.371 e. The number of aryl methyl sites for hydroxylation is 2. The van der Waals surface area contributed by atoms with Crippen LogP contribution >= 0.6 is 0 Å². The summed E-state index contributed by atoms with van der Waals surface area (Å²) in [7, 11) is -0.742. The van der Waals surface area contributed by atoms with Crippen molar-refractivity contribution in [2.75, 3.05) is 14.1 Å². The molecule has 15 heavy (non-hydrogen) atoms. The molecule has 0 unspecified atom stereocenters. The Bertz CT molecular complexity index is 479. The van der Waals surface area contributed by atoms with Gasteiger partial charge >= 0.3 is 10.3 Å². The molecule has 0 N–H and O–H groups in total. The van der Waals surface area contributed by atoms with Crippen molar-refractivity contribution in [3.8, 4) is 5.75 Å². The van der Waals surface area contributed by atoms with Crippen molar-refractivity contribution in [3.05, 3.63) is 29.3 Å². The zero-order chi connectivity index (χ0) is 11.1. The number of hydrogen-bond acceptors (Lipinski definition) is 3. The number of benzene rings is 1. The predicted octanol–water partition coefficient (Wildman–Crippen LogP) is 0.970. The summed E-state index contributed by atoms with van der Waals surface area (Å²) in [5.41, 5.74) is 2.46. The Hall–Kier alpha value is -1.07. The molecule has 0 saturated carbocycles. The van der Waals surface area contributed by atoms with Crippen LogP contribution in [0.1, 0.15) is 11.1 Å². The van der Waals surface area contributed by atoms with Gasteiger partial charge in [0.25, 0.3) is 0 Å². The van der Waals surface area contributed by atoms with E-state index in [1.165, 1.54) is 25.2 Å². The van der Waals surface area contributed by atoms with Crippen LogP contribution < -0.4 is 4.18 Å². The van der Waals surface area contributed by atoms with E-state index in [0.29, 0.717) is 5.75 Å². The summed E-state index contributed by atoms with van der Waals surface area (Å²) in [4.78, 5) is 0. The van der Waals surface area contributed by atoms with Crippen LogP contribution in [0.2, 0.25) is 0 Å². The molecular weight excluding hydrogens is 214 g/mol. The smallest absolute Gasteiger partial charge is 0.371 e. The molecule has 0 aromatic heterocycles. The van der Waals surface area contributed by atoms with E-state index in [9.17, 15) is 8.42 Å². The Kier molecular flexibility index (Phi) is 2.44. The molecule has 1 aromatic carbocycles. The molecule has 0 atom stereocenters. The van der Waals surface area contributed by atoms with Gasteiger partial charge in [0, 0.05) is 14.1 Å². The zero-order valence-corrected chi connectivity index (χ0v) is 9.54. The molecule has 1 aromatic rings. The van der Waals surface area contributed by atoms with Crippen molar-refractivity contribution in [1.82, 2.24) is 4.31 Å². The van der Waals surface area contributed by atoms with Crippen molar-refractivity contribution in [2.45, 2.75) is 12.8 Å². The summed E-state index contributed by atoms with van der Waals surface area (Å²) in [6.45, 7) is 0. The maximum absolute atomic E-state index is 11.4. The molecular formula is C10H13NO3S. The summed E-state index contributed by atoms with van der Waals surface area (Å²) < 4.78 is 28.8. The second-order valence-corrected chi connectivity index (χ2v) is 5.51. The van der Waals surface area contributed by atoms with Crippen molar-refractivity contribution in [2.24, 2.45) is 0 Å². The van der Waals surface area contributed by atoms with Crippen LogP contribution in [0, 0.1) is 0 Å². The third-order valence-corrected chi connectivity index (χ3v) is 3.79. The normalized spacial score (nSPS) is 14.6. The Labute approximate surface area is 89.7 Å². The molecule has 0 aliphatic heterocycles. The van der Waals surface area contributed by atoms with E-state index < -0.39 is 10.3 Å². The van der Waals surface area contributed by atoms with Crippen molar-refractivity contribution >= 4 is 10.3 Å². The van der Waals surface area contributed by atoms with Crippen LogP contribution in [0.5, 0.6) is 5.75 Å². The number of hydrogen-bond donors (Lipinski definition) is 0. The standard InChI is InChI=1S/C10H13NO3S/c1-11(2)15(12,13)14-10-6-5-8-3-4-9(8)7-10/h5-7H,3-4H2,1-2H3. The SMILES string of the molecule is CN(C)S(=O)(=O)Oc1ccc2c(c1)CC2. The molecule has 0 heterocycles. The van der Waals surface area contributed by atoms with Crippen LogP contribution in [0.3, 0.4) is 0 Å². The highest BCUT2D eigenvalue weighted by Gasteiger charge is 2.18. The van der Waals surface area contributed by atoms with Gasteiger partial charge in [-0.1, -0.05) is 6.07 Å². The number of fused-ring (bicyclic) bond motifs is 1. The summed E-state index contributed by atoms with van der Waals surface area (Å²) in [6.07, 6.45) is 2.09. The minimum absolute atomic E-state index is 0.391. The molecule has 2 rings (SSSR count). The first-order chi connectivity index (χ1) is 6.99. The van der Waals surface area contributed by atoms with Crippen LogP contribution in [-0.2, 0) is 23.1 Å². The van der Waals surface area contributed by atoms with Gasteiger partial charge in [-0.25, -0.2) is 0 Å². The second kappa shape index (κ2) is 3.50. The van der Waals surface area contributed by atoms with E-state index >= 15 is 0 Å². The topological polar surface area (TPSA) is 46.6 Å². The molecule has 0 bridgehead atoms. The van der Waals surface area contributed by atoms with Crippen LogP contribution in [0.4, 0.5) is 0 Å². The lowest BCUT2D eigenvalue weighted by atomic mass is 9.89. The van der Waals surface area contributed by atoms with Gasteiger partial charge in [0.1, 0.15) is 5.75 Å². The molecule has 1 aliphatic rings. The van der Waals surface area contributed by atoms with Crippen molar-refractivity contribution in [3.63, 3.8) is 0 Å². The Morgan fingerprint density at radius 3 is 2.33 bits per heavy atom. The molecule has 0 amide bonds. The summed E-state index contributed by atoms with van der Waals surface area (Å²) in [5.74, 6) is 0.391. The van der Waals surface area contributed by atoms with E-state index in [-0.39, 0.29) is 0 Å². The first-order valence-corrected chi connectivity index (χ1v) is 6.09. The van der Waals surface area contributed by atoms with E-state index in [0.717, 1.165) is 17.1 Å². The maximum Gasteiger partial charge on any atom is 0.384 e. The highest BCUT2D eigenvalue weighted by atomic mass is 32.2. The minimum atomic E-state index is -3.62. The monoisotopic (exact) mass is 227 g/mol.